The Balaban J connectivity index is 1.12. The first kappa shape index (κ1) is 32.3. The lowest BCUT2D eigenvalue weighted by Crippen LogP contribution is -2.16. The van der Waals surface area contributed by atoms with Gasteiger partial charge in [-0.2, -0.15) is 0 Å². The standard InChI is InChI=1S/C51H40N2/c1-51(2)47-31-13-12-30-46(47)50-48(51)32-17-33-49(50)53(43-26-10-5-11-27-43)45-29-16-21-40(36-45)38-19-14-18-37(34-38)39-20-15-28-44(35-39)52(41-22-6-3-7-23-41)42-24-8-4-9-25-42/h3-36H,1-2H3. The highest BCUT2D eigenvalue weighted by atomic mass is 15.1. The largest absolute Gasteiger partial charge is 0.310 e. The van der Waals surface area contributed by atoms with Crippen LogP contribution in [0.4, 0.5) is 34.1 Å². The minimum atomic E-state index is -0.0802. The lowest BCUT2D eigenvalue weighted by Gasteiger charge is -2.29. The Hall–Kier alpha value is -6.64. The molecule has 0 spiro atoms. The SMILES string of the molecule is CC1(C)c2ccccc2-c2c(N(c3ccccc3)c3cccc(-c4cccc(-c5cccc(N(c6ccccc6)c6ccccc6)c5)c4)c3)cccc21. The fourth-order valence-corrected chi connectivity index (χ4v) is 8.05. The van der Waals surface area contributed by atoms with Crippen molar-refractivity contribution in [2.75, 3.05) is 9.80 Å². The topological polar surface area (TPSA) is 6.48 Å². The number of benzene rings is 8. The van der Waals surface area contributed by atoms with Gasteiger partial charge in [-0.3, -0.25) is 0 Å². The number of rotatable bonds is 8. The van der Waals surface area contributed by atoms with Crippen molar-refractivity contribution in [1.82, 2.24) is 0 Å². The summed E-state index contributed by atoms with van der Waals surface area (Å²) in [5.74, 6) is 0. The Kier molecular flexibility index (Phi) is 8.21. The quantitative estimate of drug-likeness (QED) is 0.158. The fraction of sp³-hybridized carbons (Fsp3) is 0.0588. The van der Waals surface area contributed by atoms with Gasteiger partial charge in [0.25, 0.3) is 0 Å². The van der Waals surface area contributed by atoms with Crippen LogP contribution in [0, 0.1) is 0 Å². The third-order valence-electron chi connectivity index (χ3n) is 10.6. The van der Waals surface area contributed by atoms with Crippen molar-refractivity contribution in [1.29, 1.82) is 0 Å². The molecule has 0 unspecified atom stereocenters. The molecule has 8 aromatic rings. The molecule has 0 fully saturated rings. The zero-order valence-electron chi connectivity index (χ0n) is 30.0. The van der Waals surface area contributed by atoms with Gasteiger partial charge >= 0.3 is 0 Å². The Morgan fingerprint density at radius 2 is 0.717 bits per heavy atom. The van der Waals surface area contributed by atoms with Crippen LogP contribution in [0.15, 0.2) is 206 Å². The second kappa shape index (κ2) is 13.5. The van der Waals surface area contributed by atoms with Gasteiger partial charge in [-0.1, -0.05) is 147 Å². The van der Waals surface area contributed by atoms with Crippen LogP contribution in [0.1, 0.15) is 25.0 Å². The lowest BCUT2D eigenvalue weighted by atomic mass is 9.82. The summed E-state index contributed by atoms with van der Waals surface area (Å²) in [5.41, 5.74) is 16.8. The molecule has 2 nitrogen and oxygen atoms in total. The summed E-state index contributed by atoms with van der Waals surface area (Å²) < 4.78 is 0. The third kappa shape index (κ3) is 5.89. The number of anilines is 6. The van der Waals surface area contributed by atoms with Crippen molar-refractivity contribution in [2.24, 2.45) is 0 Å². The molecule has 254 valence electrons. The van der Waals surface area contributed by atoms with Crippen LogP contribution in [-0.2, 0) is 5.41 Å². The van der Waals surface area contributed by atoms with Crippen molar-refractivity contribution in [3.05, 3.63) is 217 Å². The summed E-state index contributed by atoms with van der Waals surface area (Å²) >= 11 is 0. The predicted molar refractivity (Wildman–Crippen MR) is 224 cm³/mol. The van der Waals surface area contributed by atoms with Crippen LogP contribution < -0.4 is 9.80 Å². The van der Waals surface area contributed by atoms with E-state index >= 15 is 0 Å². The smallest absolute Gasteiger partial charge is 0.0543 e. The molecule has 0 radical (unpaired) electrons. The Bertz CT molecular complexity index is 2500. The average Bonchev–Trinajstić information content (AvgIpc) is 3.46. The van der Waals surface area contributed by atoms with E-state index in [4.69, 9.17) is 0 Å². The maximum absolute atomic E-state index is 2.43. The first-order chi connectivity index (χ1) is 26.1. The Morgan fingerprint density at radius 3 is 1.28 bits per heavy atom. The Labute approximate surface area is 312 Å². The monoisotopic (exact) mass is 680 g/mol. The van der Waals surface area contributed by atoms with Crippen LogP contribution in [-0.4, -0.2) is 0 Å². The van der Waals surface area contributed by atoms with Gasteiger partial charge in [0.15, 0.2) is 0 Å². The van der Waals surface area contributed by atoms with Crippen molar-refractivity contribution in [2.45, 2.75) is 19.3 Å². The summed E-state index contributed by atoms with van der Waals surface area (Å²) in [6, 6.07) is 74.4. The lowest BCUT2D eigenvalue weighted by molar-refractivity contribution is 0.660. The van der Waals surface area contributed by atoms with Gasteiger partial charge in [0, 0.05) is 39.4 Å². The summed E-state index contributed by atoms with van der Waals surface area (Å²) in [6.07, 6.45) is 0. The number of fused-ring (bicyclic) bond motifs is 3. The highest BCUT2D eigenvalue weighted by molar-refractivity contribution is 5.95. The molecule has 2 heteroatoms. The van der Waals surface area contributed by atoms with Crippen molar-refractivity contribution in [3.8, 4) is 33.4 Å². The maximum Gasteiger partial charge on any atom is 0.0543 e. The van der Waals surface area contributed by atoms with E-state index < -0.39 is 0 Å². The van der Waals surface area contributed by atoms with Gasteiger partial charge < -0.3 is 9.80 Å². The maximum atomic E-state index is 2.43. The number of hydrogen-bond acceptors (Lipinski definition) is 2. The molecule has 1 aliphatic rings. The summed E-state index contributed by atoms with van der Waals surface area (Å²) in [4.78, 5) is 4.74. The molecule has 0 saturated carbocycles. The van der Waals surface area contributed by atoms with Gasteiger partial charge in [-0.25, -0.2) is 0 Å². The van der Waals surface area contributed by atoms with E-state index in [2.05, 4.69) is 230 Å². The van der Waals surface area contributed by atoms with Crippen molar-refractivity contribution in [3.63, 3.8) is 0 Å². The van der Waals surface area contributed by atoms with Crippen LogP contribution in [0.5, 0.6) is 0 Å². The molecule has 9 rings (SSSR count). The zero-order chi connectivity index (χ0) is 35.8. The molecule has 1 aliphatic carbocycles. The zero-order valence-corrected chi connectivity index (χ0v) is 30.0. The molecule has 0 saturated heterocycles. The molecule has 0 heterocycles. The van der Waals surface area contributed by atoms with E-state index in [0.29, 0.717) is 0 Å². The molecule has 8 aromatic carbocycles. The highest BCUT2D eigenvalue weighted by Gasteiger charge is 2.37. The Morgan fingerprint density at radius 1 is 0.321 bits per heavy atom. The minimum absolute atomic E-state index is 0.0802. The van der Waals surface area contributed by atoms with Crippen molar-refractivity contribution < 1.29 is 0 Å². The molecule has 0 bridgehead atoms. The van der Waals surface area contributed by atoms with E-state index in [1.54, 1.807) is 0 Å². The first-order valence-electron chi connectivity index (χ1n) is 18.4. The number of hydrogen-bond donors (Lipinski definition) is 0. The molecular weight excluding hydrogens is 641 g/mol. The van der Waals surface area contributed by atoms with Crippen LogP contribution >= 0.6 is 0 Å². The van der Waals surface area contributed by atoms with E-state index in [9.17, 15) is 0 Å². The van der Waals surface area contributed by atoms with Crippen LogP contribution in [0.25, 0.3) is 33.4 Å². The minimum Gasteiger partial charge on any atom is -0.310 e. The second-order valence-corrected chi connectivity index (χ2v) is 14.2. The summed E-state index contributed by atoms with van der Waals surface area (Å²) in [6.45, 7) is 4.69. The van der Waals surface area contributed by atoms with Crippen molar-refractivity contribution >= 4 is 34.1 Å². The molecule has 0 atom stereocenters. The van der Waals surface area contributed by atoms with Gasteiger partial charge in [-0.15, -0.1) is 0 Å². The molecule has 0 N–H and O–H groups in total. The number of para-hydroxylation sites is 3. The average molecular weight is 681 g/mol. The second-order valence-electron chi connectivity index (χ2n) is 14.2. The molecular formula is C51H40N2. The van der Waals surface area contributed by atoms with E-state index in [1.807, 2.05) is 0 Å². The van der Waals surface area contributed by atoms with Crippen LogP contribution in [0.3, 0.4) is 0 Å². The molecule has 53 heavy (non-hydrogen) atoms. The van der Waals surface area contributed by atoms with E-state index in [0.717, 1.165) is 28.4 Å². The van der Waals surface area contributed by atoms with E-state index in [1.165, 1.54) is 50.2 Å². The van der Waals surface area contributed by atoms with Gasteiger partial charge in [0.1, 0.15) is 0 Å². The normalized spacial score (nSPS) is 12.5. The first-order valence-corrected chi connectivity index (χ1v) is 18.4. The molecule has 0 amide bonds. The molecule has 0 aliphatic heterocycles. The molecule has 0 aromatic heterocycles. The van der Waals surface area contributed by atoms with E-state index in [-0.39, 0.29) is 5.41 Å². The summed E-state index contributed by atoms with van der Waals surface area (Å²) in [7, 11) is 0. The van der Waals surface area contributed by atoms with Crippen LogP contribution in [0.2, 0.25) is 0 Å². The third-order valence-corrected chi connectivity index (χ3v) is 10.6. The fourth-order valence-electron chi connectivity index (χ4n) is 8.05. The van der Waals surface area contributed by atoms with Gasteiger partial charge in [0.2, 0.25) is 0 Å². The highest BCUT2D eigenvalue weighted by Crippen LogP contribution is 2.54. The predicted octanol–water partition coefficient (Wildman–Crippen LogP) is 14.3. The van der Waals surface area contributed by atoms with Gasteiger partial charge in [0.05, 0.1) is 5.69 Å². The summed E-state index contributed by atoms with van der Waals surface area (Å²) in [5, 5.41) is 0. The van der Waals surface area contributed by atoms with Gasteiger partial charge in [-0.05, 0) is 112 Å². The number of nitrogens with zero attached hydrogens (tertiary/aromatic N) is 2.